The summed E-state index contributed by atoms with van der Waals surface area (Å²) in [6.45, 7) is 4.29. The highest BCUT2D eigenvalue weighted by molar-refractivity contribution is 5.93. The van der Waals surface area contributed by atoms with E-state index >= 15 is 0 Å². The van der Waals surface area contributed by atoms with Crippen LogP contribution in [-0.4, -0.2) is 53.7 Å². The third-order valence-electron chi connectivity index (χ3n) is 7.79. The number of rotatable bonds is 6. The van der Waals surface area contributed by atoms with Crippen molar-refractivity contribution < 1.29 is 0 Å². The maximum absolute atomic E-state index is 5.12. The van der Waals surface area contributed by atoms with Crippen molar-refractivity contribution in [1.82, 2.24) is 39.9 Å². The summed E-state index contributed by atoms with van der Waals surface area (Å²) in [6, 6.07) is 9.99. The number of nitrogens with one attached hydrogen (secondary N) is 3. The first-order chi connectivity index (χ1) is 18.7. The van der Waals surface area contributed by atoms with Crippen molar-refractivity contribution in [3.8, 4) is 11.4 Å². The van der Waals surface area contributed by atoms with Gasteiger partial charge in [0.1, 0.15) is 11.6 Å². The minimum atomic E-state index is 0.348. The Morgan fingerprint density at radius 1 is 1.05 bits per heavy atom. The minimum Gasteiger partial charge on any atom is -0.366 e. The molecule has 10 heteroatoms. The Balaban J connectivity index is 1.28. The lowest BCUT2D eigenvalue weighted by molar-refractivity contribution is 0.368. The topological polar surface area (TPSA) is 118 Å². The first kappa shape index (κ1) is 23.0. The molecule has 0 radical (unpaired) electrons. The lowest BCUT2D eigenvalue weighted by Crippen LogP contribution is -2.42. The van der Waals surface area contributed by atoms with E-state index in [0.717, 1.165) is 47.4 Å². The predicted molar refractivity (Wildman–Crippen MR) is 147 cm³/mol. The van der Waals surface area contributed by atoms with E-state index in [0.29, 0.717) is 35.5 Å². The molecular weight excluding hydrogens is 476 g/mol. The fourth-order valence-electron chi connectivity index (χ4n) is 5.41. The van der Waals surface area contributed by atoms with Gasteiger partial charge in [-0.2, -0.15) is 4.98 Å². The number of hydrogen-bond acceptors (Lipinski definition) is 9. The van der Waals surface area contributed by atoms with Gasteiger partial charge in [0.2, 0.25) is 5.95 Å². The molecular formula is C28H30N10. The van der Waals surface area contributed by atoms with Crippen molar-refractivity contribution in [3.63, 3.8) is 0 Å². The molecule has 2 atom stereocenters. The van der Waals surface area contributed by atoms with Crippen molar-refractivity contribution in [2.24, 2.45) is 5.92 Å². The molecule has 6 heterocycles. The maximum Gasteiger partial charge on any atom is 0.248 e. The molecule has 5 aromatic rings. The summed E-state index contributed by atoms with van der Waals surface area (Å²) in [6.07, 6.45) is 12.2. The summed E-state index contributed by atoms with van der Waals surface area (Å²) in [5.74, 6) is 3.69. The number of anilines is 3. The third-order valence-corrected chi connectivity index (χ3v) is 7.79. The molecule has 2 fully saturated rings. The lowest BCUT2D eigenvalue weighted by atomic mass is 9.79. The standard InChI is InChI=1S/C28H30N10/c1-17-14-29-10-9-21(17)32-27-25-20(18-5-4-6-18)15-30-16-22(25)33-26(36-27)19-8-11-31-23(13-19)34-28-35-24-7-2-3-12-38(24)37-28/h2-3,7-8,11-13,15-18,21,29H,4-6,9-10,14H2,1H3,(H,31,34,37)(H,32,33,36)/t17-,21+/m1/s1. The number of fused-ring (bicyclic) bond motifs is 2. The zero-order valence-corrected chi connectivity index (χ0v) is 21.3. The Morgan fingerprint density at radius 3 is 2.84 bits per heavy atom. The summed E-state index contributed by atoms with van der Waals surface area (Å²) < 4.78 is 1.73. The van der Waals surface area contributed by atoms with E-state index in [1.807, 2.05) is 48.9 Å². The number of nitrogens with zero attached hydrogens (tertiary/aromatic N) is 7. The second-order valence-electron chi connectivity index (χ2n) is 10.4. The molecule has 0 aromatic carbocycles. The smallest absolute Gasteiger partial charge is 0.248 e. The van der Waals surface area contributed by atoms with Gasteiger partial charge in [0.25, 0.3) is 0 Å². The third kappa shape index (κ3) is 4.30. The molecule has 1 aliphatic carbocycles. The maximum atomic E-state index is 5.12. The van der Waals surface area contributed by atoms with Crippen LogP contribution in [-0.2, 0) is 0 Å². The number of pyridine rings is 3. The first-order valence-electron chi connectivity index (χ1n) is 13.4. The zero-order valence-electron chi connectivity index (χ0n) is 21.3. The van der Waals surface area contributed by atoms with Crippen molar-refractivity contribution in [2.45, 2.75) is 44.6 Å². The van der Waals surface area contributed by atoms with Crippen LogP contribution in [0.3, 0.4) is 0 Å². The highest BCUT2D eigenvalue weighted by atomic mass is 15.3. The van der Waals surface area contributed by atoms with Crippen molar-refractivity contribution in [3.05, 3.63) is 60.7 Å². The second-order valence-corrected chi connectivity index (χ2v) is 10.4. The normalized spacial score (nSPS) is 19.9. The van der Waals surface area contributed by atoms with E-state index in [-0.39, 0.29) is 0 Å². The molecule has 2 aliphatic rings. The van der Waals surface area contributed by atoms with Crippen LogP contribution in [0.5, 0.6) is 0 Å². The fourth-order valence-corrected chi connectivity index (χ4v) is 5.41. The Bertz CT molecular complexity index is 1580. The van der Waals surface area contributed by atoms with Gasteiger partial charge >= 0.3 is 0 Å². The largest absolute Gasteiger partial charge is 0.366 e. The van der Waals surface area contributed by atoms with E-state index in [4.69, 9.17) is 9.97 Å². The fraction of sp³-hybridized carbons (Fsp3) is 0.357. The molecule has 1 saturated carbocycles. The van der Waals surface area contributed by atoms with Crippen LogP contribution in [0.2, 0.25) is 0 Å². The van der Waals surface area contributed by atoms with Gasteiger partial charge in [-0.15, -0.1) is 5.10 Å². The summed E-state index contributed by atoms with van der Waals surface area (Å²) >= 11 is 0. The Kier molecular flexibility index (Phi) is 5.81. The molecule has 1 aliphatic heterocycles. The molecule has 10 nitrogen and oxygen atoms in total. The molecule has 7 rings (SSSR count). The van der Waals surface area contributed by atoms with Gasteiger partial charge < -0.3 is 16.0 Å². The molecule has 0 spiro atoms. The van der Waals surface area contributed by atoms with Crippen LogP contribution >= 0.6 is 0 Å². The minimum absolute atomic E-state index is 0.348. The summed E-state index contributed by atoms with van der Waals surface area (Å²) in [7, 11) is 0. The zero-order chi connectivity index (χ0) is 25.5. The molecule has 3 N–H and O–H groups in total. The van der Waals surface area contributed by atoms with E-state index in [1.54, 1.807) is 10.7 Å². The number of hydrogen-bond donors (Lipinski definition) is 3. The highest BCUT2D eigenvalue weighted by Crippen LogP contribution is 2.41. The van der Waals surface area contributed by atoms with Gasteiger partial charge in [-0.1, -0.05) is 19.4 Å². The van der Waals surface area contributed by atoms with Gasteiger partial charge in [-0.05, 0) is 74.0 Å². The molecule has 0 amide bonds. The van der Waals surface area contributed by atoms with E-state index in [2.05, 4.69) is 42.9 Å². The molecule has 192 valence electrons. The van der Waals surface area contributed by atoms with Crippen LogP contribution in [0.1, 0.15) is 44.1 Å². The number of piperidine rings is 1. The quantitative estimate of drug-likeness (QED) is 0.305. The monoisotopic (exact) mass is 506 g/mol. The Morgan fingerprint density at radius 2 is 2.00 bits per heavy atom. The summed E-state index contributed by atoms with van der Waals surface area (Å²) in [5, 5.41) is 16.1. The highest BCUT2D eigenvalue weighted by Gasteiger charge is 2.27. The Labute approximate surface area is 220 Å². The predicted octanol–water partition coefficient (Wildman–Crippen LogP) is 4.55. The Hall–Kier alpha value is -4.18. The lowest BCUT2D eigenvalue weighted by Gasteiger charge is -2.32. The van der Waals surface area contributed by atoms with E-state index in [9.17, 15) is 0 Å². The van der Waals surface area contributed by atoms with Crippen molar-refractivity contribution in [1.29, 1.82) is 0 Å². The van der Waals surface area contributed by atoms with Crippen LogP contribution in [0.25, 0.3) is 27.9 Å². The molecule has 5 aromatic heterocycles. The SMILES string of the molecule is C[C@@H]1CNCC[C@@H]1Nc1nc(-c2ccnc(Nc3nc4ccccn4n3)c2)nc2cncc(C3CCC3)c12. The average Bonchev–Trinajstić information content (AvgIpc) is 3.31. The van der Waals surface area contributed by atoms with Gasteiger partial charge in [-0.25, -0.2) is 19.5 Å². The number of aromatic nitrogens is 7. The second kappa shape index (κ2) is 9.60. The summed E-state index contributed by atoms with van der Waals surface area (Å²) in [5.41, 5.74) is 3.77. The van der Waals surface area contributed by atoms with Gasteiger partial charge in [0.05, 0.1) is 11.7 Å². The summed E-state index contributed by atoms with van der Waals surface area (Å²) in [4.78, 5) is 23.7. The van der Waals surface area contributed by atoms with Crippen LogP contribution in [0, 0.1) is 5.92 Å². The molecule has 38 heavy (non-hydrogen) atoms. The van der Waals surface area contributed by atoms with Gasteiger partial charge in [-0.3, -0.25) is 4.98 Å². The van der Waals surface area contributed by atoms with Crippen LogP contribution < -0.4 is 16.0 Å². The molecule has 1 saturated heterocycles. The average molecular weight is 507 g/mol. The van der Waals surface area contributed by atoms with Crippen molar-refractivity contribution >= 4 is 34.1 Å². The van der Waals surface area contributed by atoms with Crippen LogP contribution in [0.4, 0.5) is 17.6 Å². The van der Waals surface area contributed by atoms with Crippen molar-refractivity contribution in [2.75, 3.05) is 23.7 Å². The molecule has 0 unspecified atom stereocenters. The van der Waals surface area contributed by atoms with Gasteiger partial charge in [0, 0.05) is 35.6 Å². The van der Waals surface area contributed by atoms with E-state index < -0.39 is 0 Å². The van der Waals surface area contributed by atoms with E-state index in [1.165, 1.54) is 24.8 Å². The first-order valence-corrected chi connectivity index (χ1v) is 13.4. The molecule has 0 bridgehead atoms. The van der Waals surface area contributed by atoms with Gasteiger partial charge in [0.15, 0.2) is 11.5 Å². The van der Waals surface area contributed by atoms with Crippen LogP contribution in [0.15, 0.2) is 55.1 Å².